The largest absolute Gasteiger partial charge is 0.394 e. The molecule has 7 N–H and O–H groups in total. The number of carbonyl (C=O) groups excluding carboxylic acids is 1. The lowest BCUT2D eigenvalue weighted by molar-refractivity contribution is -0.312. The predicted octanol–water partition coefficient (Wildman–Crippen LogP) is 0.670. The van der Waals surface area contributed by atoms with Crippen molar-refractivity contribution < 1.29 is 34.8 Å². The summed E-state index contributed by atoms with van der Waals surface area (Å²) in [7, 11) is 0. The van der Waals surface area contributed by atoms with E-state index in [4.69, 9.17) is 9.57 Å². The third-order valence-electron chi connectivity index (χ3n) is 6.44. The molecule has 10 heteroatoms. The Balaban J connectivity index is 1.20. The molecule has 0 spiro atoms. The van der Waals surface area contributed by atoms with Crippen LogP contribution in [0.15, 0.2) is 54.6 Å². The van der Waals surface area contributed by atoms with E-state index in [0.29, 0.717) is 0 Å². The van der Waals surface area contributed by atoms with Crippen molar-refractivity contribution in [3.05, 3.63) is 77.0 Å². The van der Waals surface area contributed by atoms with Crippen LogP contribution in [-0.2, 0) is 27.3 Å². The molecule has 37 heavy (non-hydrogen) atoms. The second kappa shape index (κ2) is 12.4. The molecular weight excluding hydrogens is 478 g/mol. The van der Waals surface area contributed by atoms with Gasteiger partial charge in [0.05, 0.1) is 6.61 Å². The zero-order valence-electron chi connectivity index (χ0n) is 20.5. The molecule has 198 valence electrons. The number of nitrogens with one attached hydrogen (secondary N) is 3. The van der Waals surface area contributed by atoms with Gasteiger partial charge in [-0.15, -0.1) is 0 Å². The first-order chi connectivity index (χ1) is 17.9. The summed E-state index contributed by atoms with van der Waals surface area (Å²) < 4.78 is 5.16. The molecule has 1 fully saturated rings. The van der Waals surface area contributed by atoms with Crippen molar-refractivity contribution in [1.29, 1.82) is 0 Å². The fourth-order valence-corrected chi connectivity index (χ4v) is 4.34. The Hall–Kier alpha value is -3.09. The van der Waals surface area contributed by atoms with Gasteiger partial charge in [-0.2, -0.15) is 0 Å². The summed E-state index contributed by atoms with van der Waals surface area (Å²) >= 11 is 0. The van der Waals surface area contributed by atoms with Gasteiger partial charge in [0.25, 0.3) is 5.91 Å². The molecule has 4 rings (SSSR count). The van der Waals surface area contributed by atoms with Gasteiger partial charge in [0.15, 0.2) is 0 Å². The van der Waals surface area contributed by atoms with Crippen LogP contribution < -0.4 is 10.8 Å². The van der Waals surface area contributed by atoms with Crippen LogP contribution in [0.5, 0.6) is 0 Å². The molecule has 0 saturated carbocycles. The van der Waals surface area contributed by atoms with E-state index in [9.17, 15) is 25.2 Å². The zero-order chi connectivity index (χ0) is 26.4. The van der Waals surface area contributed by atoms with Crippen molar-refractivity contribution in [3.63, 3.8) is 0 Å². The summed E-state index contributed by atoms with van der Waals surface area (Å²) in [5.74, 6) is -0.615. The quantitative estimate of drug-likeness (QED) is 0.119. The van der Waals surface area contributed by atoms with Gasteiger partial charge in [-0.3, -0.25) is 4.79 Å². The lowest BCUT2D eigenvalue weighted by atomic mass is 9.99. The van der Waals surface area contributed by atoms with Crippen LogP contribution in [0.3, 0.4) is 0 Å². The molecule has 1 saturated heterocycles. The van der Waals surface area contributed by atoms with Crippen molar-refractivity contribution in [1.82, 2.24) is 15.8 Å². The average Bonchev–Trinajstić information content (AvgIpc) is 3.23. The number of aryl methyl sites for hydroxylation is 1. The number of benzene rings is 2. The van der Waals surface area contributed by atoms with Crippen molar-refractivity contribution in [3.8, 4) is 0 Å². The number of aromatic nitrogens is 1. The standard InChI is InChI=1S/C27H33N3O7/c1-16-19(20-4-2-3-5-21(20)29-16)12-13-28-14-18-8-6-17(7-9-18)10-11-23(32)30-37-27-26(35)25(34)24(33)22(15-31)36-27/h2-11,22,24-29,31,33-35H,12-15H2,1H3,(H,30,32)/b11-10+/t22-,24+,25+,26-,27+/m1/s1. The highest BCUT2D eigenvalue weighted by Gasteiger charge is 2.44. The molecule has 5 atom stereocenters. The molecule has 0 bridgehead atoms. The first-order valence-electron chi connectivity index (χ1n) is 12.2. The van der Waals surface area contributed by atoms with Crippen LogP contribution in [0.4, 0.5) is 0 Å². The highest BCUT2D eigenvalue weighted by atomic mass is 16.8. The Morgan fingerprint density at radius 2 is 1.84 bits per heavy atom. The van der Waals surface area contributed by atoms with E-state index in [-0.39, 0.29) is 0 Å². The summed E-state index contributed by atoms with van der Waals surface area (Å²) in [4.78, 5) is 20.5. The molecule has 3 aromatic rings. The number of H-pyrrole nitrogens is 1. The van der Waals surface area contributed by atoms with Crippen molar-refractivity contribution in [2.24, 2.45) is 0 Å². The van der Waals surface area contributed by atoms with Crippen LogP contribution in [0.1, 0.15) is 22.4 Å². The average molecular weight is 512 g/mol. The number of ether oxygens (including phenoxy) is 1. The van der Waals surface area contributed by atoms with E-state index in [1.165, 1.54) is 22.7 Å². The zero-order valence-corrected chi connectivity index (χ0v) is 20.5. The molecule has 1 aliphatic heterocycles. The number of carbonyl (C=O) groups is 1. The Kier molecular flexibility index (Phi) is 9.06. The fraction of sp³-hybridized carbons (Fsp3) is 0.370. The summed E-state index contributed by atoms with van der Waals surface area (Å²) in [5.41, 5.74) is 7.72. The number of amides is 1. The molecule has 1 aliphatic rings. The van der Waals surface area contributed by atoms with Gasteiger partial charge in [-0.1, -0.05) is 42.5 Å². The van der Waals surface area contributed by atoms with E-state index in [1.807, 2.05) is 30.3 Å². The van der Waals surface area contributed by atoms with Crippen molar-refractivity contribution in [2.75, 3.05) is 13.2 Å². The number of aliphatic hydroxyl groups excluding tert-OH is 4. The molecule has 2 aromatic carbocycles. The normalized spacial score (nSPS) is 24.1. The molecule has 10 nitrogen and oxygen atoms in total. The van der Waals surface area contributed by atoms with Crippen LogP contribution in [0, 0.1) is 6.92 Å². The number of aromatic amines is 1. The first-order valence-corrected chi connectivity index (χ1v) is 12.2. The van der Waals surface area contributed by atoms with E-state index in [2.05, 4.69) is 40.9 Å². The second-order valence-corrected chi connectivity index (χ2v) is 9.06. The number of para-hydroxylation sites is 1. The van der Waals surface area contributed by atoms with E-state index in [1.54, 1.807) is 6.08 Å². The van der Waals surface area contributed by atoms with Crippen LogP contribution in [-0.4, -0.2) is 75.2 Å². The number of rotatable bonds is 10. The van der Waals surface area contributed by atoms with Gasteiger partial charge >= 0.3 is 0 Å². The van der Waals surface area contributed by atoms with E-state index >= 15 is 0 Å². The first kappa shape index (κ1) is 27.0. The molecule has 1 aromatic heterocycles. The third-order valence-corrected chi connectivity index (χ3v) is 6.44. The lowest BCUT2D eigenvalue weighted by Crippen LogP contribution is -2.60. The van der Waals surface area contributed by atoms with Gasteiger partial charge in [0, 0.05) is 29.2 Å². The van der Waals surface area contributed by atoms with Crippen molar-refractivity contribution in [2.45, 2.75) is 50.6 Å². The van der Waals surface area contributed by atoms with Gasteiger partial charge in [-0.25, -0.2) is 10.3 Å². The fourth-order valence-electron chi connectivity index (χ4n) is 4.34. The third kappa shape index (κ3) is 6.62. The minimum absolute atomic E-state index is 0.589. The van der Waals surface area contributed by atoms with Crippen LogP contribution >= 0.6 is 0 Å². The molecule has 0 radical (unpaired) electrons. The Morgan fingerprint density at radius 1 is 1.08 bits per heavy atom. The minimum atomic E-state index is -1.60. The minimum Gasteiger partial charge on any atom is -0.394 e. The number of aliphatic hydroxyl groups is 4. The SMILES string of the molecule is Cc1[nH]c2ccccc2c1CCNCc1ccc(/C=C/C(=O)NO[C@@H]2O[C@H](CO)[C@H](O)[C@H](O)[C@H]2O)cc1. The summed E-state index contributed by atoms with van der Waals surface area (Å²) in [6.07, 6.45) is -3.48. The maximum absolute atomic E-state index is 12.1. The topological polar surface area (TPSA) is 156 Å². The van der Waals surface area contributed by atoms with E-state index in [0.717, 1.165) is 36.2 Å². The molecule has 0 unspecified atom stereocenters. The van der Waals surface area contributed by atoms with Gasteiger partial charge in [0.1, 0.15) is 24.4 Å². The maximum Gasteiger partial charge on any atom is 0.267 e. The Morgan fingerprint density at radius 3 is 2.59 bits per heavy atom. The Labute approximate surface area is 214 Å². The molecular formula is C27H33N3O7. The predicted molar refractivity (Wildman–Crippen MR) is 137 cm³/mol. The van der Waals surface area contributed by atoms with Gasteiger partial charge in [-0.05, 0) is 48.7 Å². The van der Waals surface area contributed by atoms with E-state index < -0.39 is 43.2 Å². The summed E-state index contributed by atoms with van der Waals surface area (Å²) in [6.45, 7) is 3.08. The molecule has 1 amide bonds. The maximum atomic E-state index is 12.1. The molecule has 0 aliphatic carbocycles. The van der Waals surface area contributed by atoms with Gasteiger partial charge < -0.3 is 35.5 Å². The molecule has 2 heterocycles. The number of hydrogen-bond donors (Lipinski definition) is 7. The monoisotopic (exact) mass is 511 g/mol. The van der Waals surface area contributed by atoms with Gasteiger partial charge in [0.2, 0.25) is 6.29 Å². The number of hydroxylamine groups is 1. The lowest BCUT2D eigenvalue weighted by Gasteiger charge is -2.38. The summed E-state index contributed by atoms with van der Waals surface area (Å²) in [6, 6.07) is 16.1. The number of hydrogen-bond acceptors (Lipinski definition) is 8. The highest BCUT2D eigenvalue weighted by Crippen LogP contribution is 2.22. The second-order valence-electron chi connectivity index (χ2n) is 9.06. The Bertz CT molecular complexity index is 1210. The van der Waals surface area contributed by atoms with Crippen LogP contribution in [0.25, 0.3) is 17.0 Å². The van der Waals surface area contributed by atoms with Crippen LogP contribution in [0.2, 0.25) is 0 Å². The highest BCUT2D eigenvalue weighted by molar-refractivity contribution is 5.91. The number of fused-ring (bicyclic) bond motifs is 1. The van der Waals surface area contributed by atoms with Crippen molar-refractivity contribution >= 4 is 22.9 Å². The summed E-state index contributed by atoms with van der Waals surface area (Å²) in [5, 5.41) is 43.4. The smallest absolute Gasteiger partial charge is 0.267 e.